The molecule has 0 radical (unpaired) electrons. The number of carbonyl (C=O) groups excluding carboxylic acids is 1. The van der Waals surface area contributed by atoms with Crippen molar-refractivity contribution in [2.24, 2.45) is 0 Å². The van der Waals surface area contributed by atoms with Gasteiger partial charge in [0.25, 0.3) is 0 Å². The molecular weight excluding hydrogens is 468 g/mol. The number of fused-ring (bicyclic) bond motifs is 1. The fourth-order valence-electron chi connectivity index (χ4n) is 4.03. The normalized spacial score (nSPS) is 32.0. The lowest BCUT2D eigenvalue weighted by molar-refractivity contribution is -0.285. The molecule has 3 fully saturated rings. The Labute approximate surface area is 206 Å². The summed E-state index contributed by atoms with van der Waals surface area (Å²) in [7, 11) is 1.60. The second kappa shape index (κ2) is 13.0. The zero-order chi connectivity index (χ0) is 25.5. The second-order valence-corrected chi connectivity index (χ2v) is 9.35. The maximum atomic E-state index is 11.7. The lowest BCUT2D eigenvalue weighted by atomic mass is 10.1. The third-order valence-electron chi connectivity index (χ3n) is 5.49. The van der Waals surface area contributed by atoms with Crippen LogP contribution in [0.25, 0.3) is 0 Å². The quantitative estimate of drug-likeness (QED) is 0.178. The van der Waals surface area contributed by atoms with Gasteiger partial charge in [-0.05, 0) is 34.6 Å². The molecule has 3 rings (SSSR count). The first-order valence-electron chi connectivity index (χ1n) is 12.0. The van der Waals surface area contributed by atoms with Crippen molar-refractivity contribution in [1.29, 1.82) is 0 Å². The Morgan fingerprint density at radius 3 is 2.31 bits per heavy atom. The third kappa shape index (κ3) is 8.85. The lowest BCUT2D eigenvalue weighted by Gasteiger charge is -2.27. The van der Waals surface area contributed by atoms with Gasteiger partial charge in [-0.15, -0.1) is 0 Å². The largest absolute Gasteiger partial charge is 0.462 e. The van der Waals surface area contributed by atoms with Gasteiger partial charge in [-0.2, -0.15) is 0 Å². The fraction of sp³-hybridized carbons (Fsp3) is 0.957. The smallest absolute Gasteiger partial charge is 0.332 e. The topological polar surface area (TPSA) is 119 Å². The van der Waals surface area contributed by atoms with Crippen LogP contribution in [0.2, 0.25) is 0 Å². The van der Waals surface area contributed by atoms with Crippen molar-refractivity contribution in [3.63, 3.8) is 0 Å². The van der Waals surface area contributed by atoms with Gasteiger partial charge in [0.15, 0.2) is 24.2 Å². The molecule has 0 aromatic heterocycles. The van der Waals surface area contributed by atoms with E-state index in [2.05, 4.69) is 0 Å². The molecule has 0 aromatic rings. The molecule has 3 saturated heterocycles. The molecule has 3 aliphatic rings. The molecule has 12 heteroatoms. The fourth-order valence-corrected chi connectivity index (χ4v) is 4.03. The minimum Gasteiger partial charge on any atom is -0.462 e. The van der Waals surface area contributed by atoms with E-state index in [0.29, 0.717) is 33.0 Å². The number of rotatable bonds is 15. The highest BCUT2D eigenvalue weighted by atomic mass is 16.8. The van der Waals surface area contributed by atoms with Crippen LogP contribution in [0.4, 0.5) is 0 Å². The molecule has 6 atom stereocenters. The summed E-state index contributed by atoms with van der Waals surface area (Å²) in [6, 6.07) is 0. The highest BCUT2D eigenvalue weighted by Gasteiger charge is 2.59. The van der Waals surface area contributed by atoms with Crippen LogP contribution in [0.3, 0.4) is 0 Å². The Balaban J connectivity index is 1.33. The molecule has 12 nitrogen and oxygen atoms in total. The number of ether oxygens (including phenoxy) is 11. The molecule has 0 amide bonds. The van der Waals surface area contributed by atoms with Gasteiger partial charge in [-0.1, -0.05) is 0 Å². The van der Waals surface area contributed by atoms with Gasteiger partial charge in [0.2, 0.25) is 0 Å². The summed E-state index contributed by atoms with van der Waals surface area (Å²) in [4.78, 5) is 11.7. The van der Waals surface area contributed by atoms with E-state index in [9.17, 15) is 4.79 Å². The number of carbonyl (C=O) groups is 1. The maximum absolute atomic E-state index is 11.7. The van der Waals surface area contributed by atoms with Crippen molar-refractivity contribution in [1.82, 2.24) is 0 Å². The summed E-state index contributed by atoms with van der Waals surface area (Å²) in [6.45, 7) is 11.3. The van der Waals surface area contributed by atoms with E-state index in [-0.39, 0.29) is 32.0 Å². The molecule has 3 heterocycles. The standard InChI is InChI=1S/C23H40O12/c1-15(28-11-12-29-17(24)14-27-10-9-26-8-7-25-6)31-21-20-19(34-23(4,5)35-20)18(32-21)16-13-30-22(2,3)33-16/h15-16,18-21H,7-14H2,1-6H3/t15?,16?,18-,19+,20+,21?/m1/s1. The third-order valence-corrected chi connectivity index (χ3v) is 5.49. The van der Waals surface area contributed by atoms with Crippen molar-refractivity contribution in [3.05, 3.63) is 0 Å². The summed E-state index contributed by atoms with van der Waals surface area (Å²) in [5.74, 6) is -1.94. The maximum Gasteiger partial charge on any atom is 0.332 e. The highest BCUT2D eigenvalue weighted by Crippen LogP contribution is 2.42. The molecule has 0 bridgehead atoms. The van der Waals surface area contributed by atoms with E-state index in [0.717, 1.165) is 0 Å². The average Bonchev–Trinajstić information content (AvgIpc) is 3.40. The predicted molar refractivity (Wildman–Crippen MR) is 118 cm³/mol. The van der Waals surface area contributed by atoms with E-state index >= 15 is 0 Å². The molecule has 35 heavy (non-hydrogen) atoms. The summed E-state index contributed by atoms with van der Waals surface area (Å²) in [5.41, 5.74) is 0. The van der Waals surface area contributed by atoms with Gasteiger partial charge >= 0.3 is 5.97 Å². The van der Waals surface area contributed by atoms with Crippen molar-refractivity contribution >= 4 is 5.97 Å². The highest BCUT2D eigenvalue weighted by molar-refractivity contribution is 5.70. The van der Waals surface area contributed by atoms with Crippen LogP contribution in [0, 0.1) is 0 Å². The lowest BCUT2D eigenvalue weighted by Crippen LogP contribution is -2.40. The first kappa shape index (κ1) is 28.6. The molecule has 0 saturated carbocycles. The van der Waals surface area contributed by atoms with E-state index in [4.69, 9.17) is 52.1 Å². The summed E-state index contributed by atoms with van der Waals surface area (Å²) in [5, 5.41) is 0. The minimum absolute atomic E-state index is 0.0649. The minimum atomic E-state index is -0.773. The second-order valence-electron chi connectivity index (χ2n) is 9.35. The van der Waals surface area contributed by atoms with Crippen LogP contribution < -0.4 is 0 Å². The molecule has 204 valence electrons. The number of esters is 1. The van der Waals surface area contributed by atoms with Crippen molar-refractivity contribution in [2.45, 2.75) is 83.2 Å². The Morgan fingerprint density at radius 2 is 1.60 bits per heavy atom. The van der Waals surface area contributed by atoms with Gasteiger partial charge in [-0.25, -0.2) is 4.79 Å². The average molecular weight is 509 g/mol. The van der Waals surface area contributed by atoms with Crippen LogP contribution in [0.1, 0.15) is 34.6 Å². The molecule has 0 N–H and O–H groups in total. The number of hydrogen-bond donors (Lipinski definition) is 0. The SMILES string of the molecule is COCCOCCOCC(=O)OCCOC(C)OC1O[C@H](C2COC(C)(C)O2)[C@@H]2OC(C)(C)O[C@H]12. The van der Waals surface area contributed by atoms with Crippen LogP contribution in [0.15, 0.2) is 0 Å². The predicted octanol–water partition coefficient (Wildman–Crippen LogP) is 0.985. The number of methoxy groups -OCH3 is 1. The Kier molecular flexibility index (Phi) is 10.7. The molecule has 0 aromatic carbocycles. The zero-order valence-electron chi connectivity index (χ0n) is 21.5. The van der Waals surface area contributed by atoms with Crippen molar-refractivity contribution < 1.29 is 56.9 Å². The van der Waals surface area contributed by atoms with Gasteiger partial charge in [0.05, 0.1) is 39.6 Å². The first-order chi connectivity index (χ1) is 16.6. The van der Waals surface area contributed by atoms with Gasteiger partial charge in [0, 0.05) is 7.11 Å². The zero-order valence-corrected chi connectivity index (χ0v) is 21.5. The van der Waals surface area contributed by atoms with E-state index < -0.39 is 42.3 Å². The molecule has 0 aliphatic carbocycles. The van der Waals surface area contributed by atoms with Crippen LogP contribution in [-0.4, -0.2) is 115 Å². The Morgan fingerprint density at radius 1 is 0.886 bits per heavy atom. The molecular formula is C23H40O12. The molecule has 0 spiro atoms. The summed E-state index contributed by atoms with van der Waals surface area (Å²) >= 11 is 0. The van der Waals surface area contributed by atoms with Gasteiger partial charge in [-0.3, -0.25) is 0 Å². The first-order valence-corrected chi connectivity index (χ1v) is 12.0. The van der Waals surface area contributed by atoms with Crippen LogP contribution in [-0.2, 0) is 56.9 Å². The van der Waals surface area contributed by atoms with Crippen molar-refractivity contribution in [3.8, 4) is 0 Å². The van der Waals surface area contributed by atoms with E-state index in [1.54, 1.807) is 14.0 Å². The van der Waals surface area contributed by atoms with E-state index in [1.807, 2.05) is 27.7 Å². The Hall–Kier alpha value is -0.930. The van der Waals surface area contributed by atoms with Gasteiger partial charge < -0.3 is 52.1 Å². The van der Waals surface area contributed by atoms with Crippen LogP contribution in [0.5, 0.6) is 0 Å². The van der Waals surface area contributed by atoms with Crippen LogP contribution >= 0.6 is 0 Å². The van der Waals surface area contributed by atoms with Gasteiger partial charge in [0.1, 0.15) is 37.6 Å². The number of hydrogen-bond acceptors (Lipinski definition) is 12. The summed E-state index contributed by atoms with van der Waals surface area (Å²) < 4.78 is 61.9. The van der Waals surface area contributed by atoms with Crippen molar-refractivity contribution in [2.75, 3.05) is 60.0 Å². The molecule has 3 aliphatic heterocycles. The monoisotopic (exact) mass is 508 g/mol. The van der Waals surface area contributed by atoms with E-state index in [1.165, 1.54) is 0 Å². The molecule has 3 unspecified atom stereocenters. The Bertz CT molecular complexity index is 656. The summed E-state index contributed by atoms with van der Waals surface area (Å²) in [6.07, 6.45) is -2.87.